The first kappa shape index (κ1) is 13.2. The van der Waals surface area contributed by atoms with Gasteiger partial charge in [0.05, 0.1) is 12.6 Å². The summed E-state index contributed by atoms with van der Waals surface area (Å²) in [6.45, 7) is 3.97. The number of methoxy groups -OCH3 is 1. The molecule has 2 aromatic rings. The smallest absolute Gasteiger partial charge is 0.240 e. The summed E-state index contributed by atoms with van der Waals surface area (Å²) in [6.07, 6.45) is 0. The fourth-order valence-electron chi connectivity index (χ4n) is 1.98. The number of nitrogens with two attached hydrogens (primary N) is 1. The Morgan fingerprint density at radius 2 is 2.26 bits per heavy atom. The van der Waals surface area contributed by atoms with Crippen molar-refractivity contribution in [3.8, 4) is 5.75 Å². The van der Waals surface area contributed by atoms with E-state index in [1.165, 1.54) is 0 Å². The van der Waals surface area contributed by atoms with Crippen molar-refractivity contribution in [3.05, 3.63) is 18.2 Å². The van der Waals surface area contributed by atoms with Gasteiger partial charge in [-0.05, 0) is 26.0 Å². The van der Waals surface area contributed by atoms with E-state index < -0.39 is 0 Å². The highest BCUT2D eigenvalue weighted by atomic mass is 16.5. The first-order valence-corrected chi connectivity index (χ1v) is 6.11. The third kappa shape index (κ3) is 2.62. The van der Waals surface area contributed by atoms with Crippen LogP contribution in [0.25, 0.3) is 11.0 Å². The van der Waals surface area contributed by atoms with Crippen molar-refractivity contribution in [3.63, 3.8) is 0 Å². The van der Waals surface area contributed by atoms with E-state index in [4.69, 9.17) is 10.5 Å². The molecule has 0 aliphatic carbocycles. The van der Waals surface area contributed by atoms with Gasteiger partial charge in [0.1, 0.15) is 17.8 Å². The molecule has 1 aromatic carbocycles. The summed E-state index contributed by atoms with van der Waals surface area (Å²) in [5, 5.41) is 2.83. The number of nitrogen functional groups attached to an aromatic ring is 1. The molecular formula is C13H18N4O2. The van der Waals surface area contributed by atoms with Crippen LogP contribution in [0.3, 0.4) is 0 Å². The maximum atomic E-state index is 11.8. The number of hydrogen-bond donors (Lipinski definition) is 2. The molecule has 3 N–H and O–H groups in total. The molecule has 0 saturated heterocycles. The van der Waals surface area contributed by atoms with Gasteiger partial charge in [0, 0.05) is 6.04 Å². The van der Waals surface area contributed by atoms with E-state index in [0.29, 0.717) is 17.2 Å². The number of fused-ring (bicyclic) bond motifs is 1. The quantitative estimate of drug-likeness (QED) is 0.866. The van der Waals surface area contributed by atoms with Crippen LogP contribution in [0, 0.1) is 0 Å². The first-order valence-electron chi connectivity index (χ1n) is 6.11. The Kier molecular flexibility index (Phi) is 3.59. The number of carbonyl (C=O) groups is 1. The van der Waals surface area contributed by atoms with Crippen LogP contribution in [0.5, 0.6) is 5.75 Å². The van der Waals surface area contributed by atoms with Crippen LogP contribution >= 0.6 is 0 Å². The Hall–Kier alpha value is -2.24. The summed E-state index contributed by atoms with van der Waals surface area (Å²) in [5.41, 5.74) is 7.33. The van der Waals surface area contributed by atoms with Crippen molar-refractivity contribution in [1.29, 1.82) is 0 Å². The van der Waals surface area contributed by atoms with Gasteiger partial charge in [0.2, 0.25) is 11.9 Å². The monoisotopic (exact) mass is 262 g/mol. The summed E-state index contributed by atoms with van der Waals surface area (Å²) in [4.78, 5) is 16.1. The number of anilines is 1. The van der Waals surface area contributed by atoms with Crippen LogP contribution in [-0.4, -0.2) is 28.6 Å². The molecule has 6 nitrogen and oxygen atoms in total. The van der Waals surface area contributed by atoms with Gasteiger partial charge in [-0.3, -0.25) is 4.79 Å². The van der Waals surface area contributed by atoms with Crippen molar-refractivity contribution < 1.29 is 9.53 Å². The van der Waals surface area contributed by atoms with Crippen molar-refractivity contribution in [2.75, 3.05) is 12.8 Å². The fourth-order valence-corrected chi connectivity index (χ4v) is 1.98. The number of amides is 1. The number of carbonyl (C=O) groups excluding carboxylic acids is 1. The molecule has 0 spiro atoms. The molecule has 0 unspecified atom stereocenters. The van der Waals surface area contributed by atoms with Gasteiger partial charge in [-0.2, -0.15) is 0 Å². The van der Waals surface area contributed by atoms with Crippen LogP contribution in [0.15, 0.2) is 18.2 Å². The van der Waals surface area contributed by atoms with Gasteiger partial charge < -0.3 is 20.4 Å². The summed E-state index contributed by atoms with van der Waals surface area (Å²) >= 11 is 0. The number of nitrogens with zero attached hydrogens (tertiary/aromatic N) is 2. The largest absolute Gasteiger partial charge is 0.494 e. The third-order valence-corrected chi connectivity index (χ3v) is 2.74. The summed E-state index contributed by atoms with van der Waals surface area (Å²) in [6, 6.07) is 5.62. The van der Waals surface area contributed by atoms with Gasteiger partial charge in [-0.1, -0.05) is 6.07 Å². The van der Waals surface area contributed by atoms with E-state index in [1.807, 2.05) is 32.0 Å². The summed E-state index contributed by atoms with van der Waals surface area (Å²) in [5.74, 6) is 0.856. The minimum absolute atomic E-state index is 0.0937. The van der Waals surface area contributed by atoms with Crippen LogP contribution in [-0.2, 0) is 11.3 Å². The third-order valence-electron chi connectivity index (χ3n) is 2.74. The van der Waals surface area contributed by atoms with Crippen molar-refractivity contribution in [2.24, 2.45) is 0 Å². The Bertz CT molecular complexity index is 604. The Morgan fingerprint density at radius 3 is 2.89 bits per heavy atom. The zero-order valence-electron chi connectivity index (χ0n) is 11.3. The second kappa shape index (κ2) is 5.17. The summed E-state index contributed by atoms with van der Waals surface area (Å²) in [7, 11) is 1.58. The normalized spacial score (nSPS) is 10.9. The Balaban J connectivity index is 2.38. The van der Waals surface area contributed by atoms with Crippen molar-refractivity contribution >= 4 is 22.9 Å². The van der Waals surface area contributed by atoms with E-state index in [9.17, 15) is 4.79 Å². The molecule has 0 aliphatic rings. The van der Waals surface area contributed by atoms with Crippen LogP contribution in [0.4, 0.5) is 5.95 Å². The lowest BCUT2D eigenvalue weighted by Gasteiger charge is -2.10. The molecule has 6 heteroatoms. The van der Waals surface area contributed by atoms with Gasteiger partial charge in [0.25, 0.3) is 0 Å². The highest BCUT2D eigenvalue weighted by Crippen LogP contribution is 2.26. The standard InChI is InChI=1S/C13H18N4O2/c1-8(2)15-11(18)7-17-9-5-4-6-10(19-3)12(9)16-13(17)14/h4-6,8H,7H2,1-3H3,(H2,14,16)(H,15,18). The number of ether oxygens (including phenoxy) is 1. The van der Waals surface area contributed by atoms with E-state index >= 15 is 0 Å². The average molecular weight is 262 g/mol. The molecule has 0 aliphatic heterocycles. The van der Waals surface area contributed by atoms with Crippen LogP contribution < -0.4 is 15.8 Å². The summed E-state index contributed by atoms with van der Waals surface area (Å²) < 4.78 is 6.91. The molecule has 1 aromatic heterocycles. The Morgan fingerprint density at radius 1 is 1.53 bits per heavy atom. The maximum absolute atomic E-state index is 11.8. The number of rotatable bonds is 4. The van der Waals surface area contributed by atoms with E-state index in [2.05, 4.69) is 10.3 Å². The first-order chi connectivity index (χ1) is 9.02. The molecule has 1 heterocycles. The number of hydrogen-bond acceptors (Lipinski definition) is 4. The van der Waals surface area contributed by atoms with Crippen molar-refractivity contribution in [1.82, 2.24) is 14.9 Å². The second-order valence-corrected chi connectivity index (χ2v) is 4.61. The van der Waals surface area contributed by atoms with Gasteiger partial charge in [-0.25, -0.2) is 4.98 Å². The zero-order valence-corrected chi connectivity index (χ0v) is 11.3. The van der Waals surface area contributed by atoms with Gasteiger partial charge >= 0.3 is 0 Å². The van der Waals surface area contributed by atoms with Crippen LogP contribution in [0.2, 0.25) is 0 Å². The fraction of sp³-hybridized carbons (Fsp3) is 0.385. The predicted octanol–water partition coefficient (Wildman–Crippen LogP) is 1.15. The zero-order chi connectivity index (χ0) is 14.0. The molecule has 0 radical (unpaired) electrons. The topological polar surface area (TPSA) is 82.2 Å². The van der Waals surface area contributed by atoms with Gasteiger partial charge in [0.15, 0.2) is 0 Å². The minimum atomic E-state index is -0.0937. The number of benzene rings is 1. The highest BCUT2D eigenvalue weighted by Gasteiger charge is 2.14. The van der Waals surface area contributed by atoms with E-state index in [-0.39, 0.29) is 18.5 Å². The molecule has 102 valence electrons. The molecule has 19 heavy (non-hydrogen) atoms. The Labute approximate surface area is 111 Å². The van der Waals surface area contributed by atoms with Gasteiger partial charge in [-0.15, -0.1) is 0 Å². The highest BCUT2D eigenvalue weighted by molar-refractivity contribution is 5.86. The van der Waals surface area contributed by atoms with E-state index in [1.54, 1.807) is 11.7 Å². The van der Waals surface area contributed by atoms with Crippen LogP contribution in [0.1, 0.15) is 13.8 Å². The number of nitrogens with one attached hydrogen (secondary N) is 1. The molecular weight excluding hydrogens is 244 g/mol. The lowest BCUT2D eigenvalue weighted by atomic mass is 10.3. The van der Waals surface area contributed by atoms with Crippen molar-refractivity contribution in [2.45, 2.75) is 26.4 Å². The number of para-hydroxylation sites is 1. The average Bonchev–Trinajstić information content (AvgIpc) is 2.65. The number of imidazole rings is 1. The SMILES string of the molecule is COc1cccc2c1nc(N)n2CC(=O)NC(C)C. The maximum Gasteiger partial charge on any atom is 0.240 e. The number of aromatic nitrogens is 2. The molecule has 1 amide bonds. The minimum Gasteiger partial charge on any atom is -0.494 e. The molecule has 0 saturated carbocycles. The lowest BCUT2D eigenvalue weighted by Crippen LogP contribution is -2.33. The molecule has 2 rings (SSSR count). The predicted molar refractivity (Wildman–Crippen MR) is 74.0 cm³/mol. The molecule has 0 bridgehead atoms. The molecule has 0 atom stereocenters. The molecule has 0 fully saturated rings. The lowest BCUT2D eigenvalue weighted by molar-refractivity contribution is -0.122. The van der Waals surface area contributed by atoms with E-state index in [0.717, 1.165) is 5.52 Å². The second-order valence-electron chi connectivity index (χ2n) is 4.61.